The number of aromatic nitrogens is 2. The van der Waals surface area contributed by atoms with E-state index in [4.69, 9.17) is 27.5 Å². The second-order valence-corrected chi connectivity index (χ2v) is 7.08. The molecule has 1 aromatic heterocycles. The Balaban J connectivity index is 1.56. The van der Waals surface area contributed by atoms with Gasteiger partial charge in [-0.15, -0.1) is 6.42 Å². The molecule has 0 atom stereocenters. The van der Waals surface area contributed by atoms with Gasteiger partial charge in [0.25, 0.3) is 5.91 Å². The third-order valence-electron chi connectivity index (χ3n) is 4.81. The highest BCUT2D eigenvalue weighted by atomic mass is 35.5. The van der Waals surface area contributed by atoms with Crippen molar-refractivity contribution >= 4 is 40.0 Å². The summed E-state index contributed by atoms with van der Waals surface area (Å²) in [5.41, 5.74) is 2.45. The van der Waals surface area contributed by atoms with Crippen LogP contribution in [0.2, 0.25) is 5.02 Å². The molecule has 0 radical (unpaired) electrons. The molecule has 1 amide bonds. The maximum absolute atomic E-state index is 12.7. The summed E-state index contributed by atoms with van der Waals surface area (Å²) in [7, 11) is 1.56. The summed E-state index contributed by atoms with van der Waals surface area (Å²) < 4.78 is 10.6. The van der Waals surface area contributed by atoms with Crippen LogP contribution in [0.3, 0.4) is 0 Å². The van der Waals surface area contributed by atoms with Crippen molar-refractivity contribution in [1.82, 2.24) is 14.9 Å². The number of methoxy groups -OCH3 is 1. The molecule has 30 heavy (non-hydrogen) atoms. The number of nitrogens with one attached hydrogen (secondary N) is 1. The van der Waals surface area contributed by atoms with Gasteiger partial charge in [-0.3, -0.25) is 4.79 Å². The molecule has 152 valence electrons. The summed E-state index contributed by atoms with van der Waals surface area (Å²) in [5.74, 6) is 3.45. The van der Waals surface area contributed by atoms with E-state index in [0.29, 0.717) is 65.4 Å². The Morgan fingerprint density at radius 2 is 2.10 bits per heavy atom. The van der Waals surface area contributed by atoms with Crippen molar-refractivity contribution in [2.75, 3.05) is 38.7 Å². The predicted molar refractivity (Wildman–Crippen MR) is 115 cm³/mol. The van der Waals surface area contributed by atoms with E-state index in [0.717, 1.165) is 5.39 Å². The quantitative estimate of drug-likeness (QED) is 0.648. The Hall–Kier alpha value is -3.34. The molecule has 2 aromatic carbocycles. The minimum absolute atomic E-state index is 0.104. The van der Waals surface area contributed by atoms with Gasteiger partial charge in [0.1, 0.15) is 5.75 Å². The molecule has 2 heterocycles. The first-order valence-corrected chi connectivity index (χ1v) is 9.72. The van der Waals surface area contributed by atoms with Crippen LogP contribution >= 0.6 is 11.6 Å². The van der Waals surface area contributed by atoms with Crippen LogP contribution in [0, 0.1) is 12.3 Å². The van der Waals surface area contributed by atoms with E-state index in [1.165, 1.54) is 0 Å². The molecule has 0 bridgehead atoms. The van der Waals surface area contributed by atoms with E-state index in [9.17, 15) is 4.79 Å². The van der Waals surface area contributed by atoms with Gasteiger partial charge in [-0.05, 0) is 24.3 Å². The molecule has 1 saturated heterocycles. The molecule has 4 rings (SSSR count). The molecule has 1 N–H and O–H groups in total. The van der Waals surface area contributed by atoms with E-state index in [1.54, 1.807) is 48.5 Å². The van der Waals surface area contributed by atoms with Crippen molar-refractivity contribution in [3.8, 4) is 18.1 Å². The number of benzene rings is 2. The van der Waals surface area contributed by atoms with E-state index >= 15 is 0 Å². The summed E-state index contributed by atoms with van der Waals surface area (Å²) in [6, 6.07) is 8.74. The Labute approximate surface area is 179 Å². The normalized spacial score (nSPS) is 13.7. The van der Waals surface area contributed by atoms with Crippen LogP contribution in [-0.4, -0.2) is 54.2 Å². The molecular formula is C22H19ClN4O3. The van der Waals surface area contributed by atoms with Crippen molar-refractivity contribution in [1.29, 1.82) is 0 Å². The van der Waals surface area contributed by atoms with Crippen LogP contribution in [0.4, 0.5) is 11.6 Å². The number of rotatable bonds is 4. The summed E-state index contributed by atoms with van der Waals surface area (Å²) in [5, 5.41) is 4.28. The van der Waals surface area contributed by atoms with Crippen LogP contribution < -0.4 is 10.1 Å². The molecule has 0 unspecified atom stereocenters. The molecule has 8 heteroatoms. The van der Waals surface area contributed by atoms with Crippen molar-refractivity contribution < 1.29 is 14.3 Å². The fourth-order valence-corrected chi connectivity index (χ4v) is 3.50. The van der Waals surface area contributed by atoms with Crippen molar-refractivity contribution in [2.45, 2.75) is 0 Å². The third-order valence-corrected chi connectivity index (χ3v) is 5.12. The second kappa shape index (κ2) is 8.57. The first-order chi connectivity index (χ1) is 14.6. The fraction of sp³-hybridized carbons (Fsp3) is 0.227. The Bertz CT molecular complexity index is 1150. The largest absolute Gasteiger partial charge is 0.495 e. The molecular weight excluding hydrogens is 404 g/mol. The minimum Gasteiger partial charge on any atom is -0.495 e. The lowest BCUT2D eigenvalue weighted by molar-refractivity contribution is 0.0303. The SMILES string of the molecule is C#Cc1cc2cnc(Nc3ccc(C(=O)N4CCOCC4)c(Cl)c3)nc2cc1OC. The number of carbonyl (C=O) groups is 1. The smallest absolute Gasteiger partial charge is 0.255 e. The number of nitrogens with zero attached hydrogens (tertiary/aromatic N) is 3. The number of fused-ring (bicyclic) bond motifs is 1. The average molecular weight is 423 g/mol. The summed E-state index contributed by atoms with van der Waals surface area (Å²) in [6.07, 6.45) is 7.20. The topological polar surface area (TPSA) is 76.6 Å². The highest BCUT2D eigenvalue weighted by Gasteiger charge is 2.21. The van der Waals surface area contributed by atoms with Crippen LogP contribution in [0.5, 0.6) is 5.75 Å². The Morgan fingerprint density at radius 3 is 2.80 bits per heavy atom. The zero-order chi connectivity index (χ0) is 21.1. The number of halogens is 1. The standard InChI is InChI=1S/C22H19ClN4O3/c1-3-14-10-15-13-24-22(26-19(15)12-20(14)29-2)25-16-4-5-17(18(23)11-16)21(28)27-6-8-30-9-7-27/h1,4-5,10-13H,6-9H2,2H3,(H,24,25,26). The zero-order valence-corrected chi connectivity index (χ0v) is 17.1. The number of carbonyl (C=O) groups excluding carboxylic acids is 1. The van der Waals surface area contributed by atoms with Gasteiger partial charge < -0.3 is 19.7 Å². The molecule has 1 fully saturated rings. The maximum Gasteiger partial charge on any atom is 0.255 e. The molecule has 0 saturated carbocycles. The van der Waals surface area contributed by atoms with Gasteiger partial charge in [-0.1, -0.05) is 17.5 Å². The van der Waals surface area contributed by atoms with E-state index in [2.05, 4.69) is 21.2 Å². The van der Waals surface area contributed by atoms with E-state index in [1.807, 2.05) is 0 Å². The van der Waals surface area contributed by atoms with Crippen LogP contribution in [-0.2, 0) is 4.74 Å². The summed E-state index contributed by atoms with van der Waals surface area (Å²) >= 11 is 6.38. The van der Waals surface area contributed by atoms with Gasteiger partial charge >= 0.3 is 0 Å². The highest BCUT2D eigenvalue weighted by Crippen LogP contribution is 2.27. The molecule has 7 nitrogen and oxygen atoms in total. The van der Waals surface area contributed by atoms with Crippen LogP contribution in [0.15, 0.2) is 36.5 Å². The van der Waals surface area contributed by atoms with Crippen molar-refractivity contribution in [2.24, 2.45) is 0 Å². The lowest BCUT2D eigenvalue weighted by atomic mass is 10.1. The molecule has 0 spiro atoms. The lowest BCUT2D eigenvalue weighted by Crippen LogP contribution is -2.40. The van der Waals surface area contributed by atoms with Gasteiger partial charge in [0.05, 0.1) is 42.0 Å². The Morgan fingerprint density at radius 1 is 1.30 bits per heavy atom. The van der Waals surface area contributed by atoms with Crippen LogP contribution in [0.1, 0.15) is 15.9 Å². The number of amides is 1. The molecule has 0 aliphatic carbocycles. The van der Waals surface area contributed by atoms with E-state index < -0.39 is 0 Å². The summed E-state index contributed by atoms with van der Waals surface area (Å²) in [4.78, 5) is 23.2. The van der Waals surface area contributed by atoms with Crippen molar-refractivity contribution in [3.05, 3.63) is 52.7 Å². The third kappa shape index (κ3) is 4.01. The van der Waals surface area contributed by atoms with Crippen LogP contribution in [0.25, 0.3) is 10.9 Å². The first kappa shape index (κ1) is 20.0. The maximum atomic E-state index is 12.7. The van der Waals surface area contributed by atoms with Gasteiger partial charge in [0.15, 0.2) is 0 Å². The van der Waals surface area contributed by atoms with Gasteiger partial charge in [0, 0.05) is 36.4 Å². The molecule has 1 aliphatic heterocycles. The van der Waals surface area contributed by atoms with Crippen molar-refractivity contribution in [3.63, 3.8) is 0 Å². The zero-order valence-electron chi connectivity index (χ0n) is 16.3. The fourth-order valence-electron chi connectivity index (χ4n) is 3.23. The average Bonchev–Trinajstić information content (AvgIpc) is 2.78. The van der Waals surface area contributed by atoms with Gasteiger partial charge in [-0.2, -0.15) is 0 Å². The van der Waals surface area contributed by atoms with Gasteiger partial charge in [-0.25, -0.2) is 9.97 Å². The predicted octanol–water partition coefficient (Wildman–Crippen LogP) is 3.49. The number of terminal acetylenes is 1. The second-order valence-electron chi connectivity index (χ2n) is 6.67. The van der Waals surface area contributed by atoms with Gasteiger partial charge in [0.2, 0.25) is 5.95 Å². The first-order valence-electron chi connectivity index (χ1n) is 9.34. The monoisotopic (exact) mass is 422 g/mol. The lowest BCUT2D eigenvalue weighted by Gasteiger charge is -2.27. The minimum atomic E-state index is -0.104. The number of hydrogen-bond donors (Lipinski definition) is 1. The number of anilines is 2. The summed E-state index contributed by atoms with van der Waals surface area (Å²) in [6.45, 7) is 2.20. The Kier molecular flexibility index (Phi) is 5.70. The highest BCUT2D eigenvalue weighted by molar-refractivity contribution is 6.34. The molecule has 1 aliphatic rings. The van der Waals surface area contributed by atoms with E-state index in [-0.39, 0.29) is 5.91 Å². The molecule has 3 aromatic rings. The number of morpholine rings is 1. The number of hydrogen-bond acceptors (Lipinski definition) is 6. The number of ether oxygens (including phenoxy) is 2.